The number of nitrogens with one attached hydrogen (secondary N) is 1. The lowest BCUT2D eigenvalue weighted by Crippen LogP contribution is -2.51. The maximum absolute atomic E-state index is 13.0. The monoisotopic (exact) mass is 351 g/mol. The second-order valence-electron chi connectivity index (χ2n) is 7.88. The van der Waals surface area contributed by atoms with Gasteiger partial charge in [-0.05, 0) is 50.9 Å². The number of hydrogen-bond acceptors (Lipinski definition) is 3. The number of unbranched alkanes of at least 4 members (excludes halogenated alkanes) is 1. The van der Waals surface area contributed by atoms with Crippen molar-refractivity contribution in [3.8, 4) is 0 Å². The predicted octanol–water partition coefficient (Wildman–Crippen LogP) is 2.83. The summed E-state index contributed by atoms with van der Waals surface area (Å²) in [4.78, 5) is 26.8. The van der Waals surface area contributed by atoms with Gasteiger partial charge >= 0.3 is 0 Å². The molecule has 0 aromatic rings. The third-order valence-electron chi connectivity index (χ3n) is 5.98. The van der Waals surface area contributed by atoms with E-state index < -0.39 is 0 Å². The number of hydrogen-bond donors (Lipinski definition) is 2. The molecule has 1 saturated carbocycles. The van der Waals surface area contributed by atoms with Gasteiger partial charge < -0.3 is 16.0 Å². The second-order valence-corrected chi connectivity index (χ2v) is 7.88. The molecule has 2 fully saturated rings. The molecule has 5 heteroatoms. The first-order chi connectivity index (χ1) is 12.2. The molecule has 5 nitrogen and oxygen atoms in total. The van der Waals surface area contributed by atoms with Crippen LogP contribution < -0.4 is 11.1 Å². The highest BCUT2D eigenvalue weighted by Crippen LogP contribution is 2.34. The Kier molecular flexibility index (Phi) is 8.73. The van der Waals surface area contributed by atoms with Crippen molar-refractivity contribution in [1.29, 1.82) is 0 Å². The largest absolute Gasteiger partial charge is 0.354 e. The van der Waals surface area contributed by atoms with E-state index in [1.807, 2.05) is 0 Å². The summed E-state index contributed by atoms with van der Waals surface area (Å²) in [7, 11) is 0. The van der Waals surface area contributed by atoms with Crippen molar-refractivity contribution in [2.45, 2.75) is 83.6 Å². The van der Waals surface area contributed by atoms with Crippen molar-refractivity contribution in [2.75, 3.05) is 19.6 Å². The summed E-state index contributed by atoms with van der Waals surface area (Å²) >= 11 is 0. The van der Waals surface area contributed by atoms with Crippen LogP contribution in [0, 0.1) is 11.8 Å². The second kappa shape index (κ2) is 10.8. The molecular weight excluding hydrogens is 314 g/mol. The SMILES string of the molecule is CCCCC1CCC(C(=O)N2CCCCC2CNC(=O)CCN)CC1. The summed E-state index contributed by atoms with van der Waals surface area (Å²) in [5.74, 6) is 1.37. The lowest BCUT2D eigenvalue weighted by Gasteiger charge is -2.39. The summed E-state index contributed by atoms with van der Waals surface area (Å²) in [6.45, 7) is 4.06. The molecule has 144 valence electrons. The van der Waals surface area contributed by atoms with Crippen LogP contribution in [-0.4, -0.2) is 42.4 Å². The number of nitrogens with zero attached hydrogens (tertiary/aromatic N) is 1. The average molecular weight is 352 g/mol. The minimum Gasteiger partial charge on any atom is -0.354 e. The van der Waals surface area contributed by atoms with Gasteiger partial charge in [-0.1, -0.05) is 26.2 Å². The molecule has 0 radical (unpaired) electrons. The van der Waals surface area contributed by atoms with Crippen molar-refractivity contribution in [2.24, 2.45) is 17.6 Å². The molecular formula is C20H37N3O2. The van der Waals surface area contributed by atoms with Crippen LogP contribution in [0.5, 0.6) is 0 Å². The van der Waals surface area contributed by atoms with Crippen molar-refractivity contribution < 1.29 is 9.59 Å². The molecule has 0 aromatic heterocycles. The van der Waals surface area contributed by atoms with E-state index in [9.17, 15) is 9.59 Å². The first kappa shape index (κ1) is 20.2. The zero-order valence-corrected chi connectivity index (χ0v) is 16.0. The van der Waals surface area contributed by atoms with Crippen molar-refractivity contribution >= 4 is 11.8 Å². The van der Waals surface area contributed by atoms with Crippen molar-refractivity contribution in [1.82, 2.24) is 10.2 Å². The van der Waals surface area contributed by atoms with E-state index in [1.165, 1.54) is 32.1 Å². The van der Waals surface area contributed by atoms with Crippen LogP contribution in [0.3, 0.4) is 0 Å². The Morgan fingerprint density at radius 2 is 1.88 bits per heavy atom. The molecule has 2 aliphatic rings. The highest BCUT2D eigenvalue weighted by molar-refractivity contribution is 5.80. The summed E-state index contributed by atoms with van der Waals surface area (Å²) in [6, 6.07) is 0.167. The highest BCUT2D eigenvalue weighted by atomic mass is 16.2. The highest BCUT2D eigenvalue weighted by Gasteiger charge is 2.33. The molecule has 1 unspecified atom stereocenters. The minimum absolute atomic E-state index is 0.00287. The molecule has 2 rings (SSSR count). The number of piperidine rings is 1. The lowest BCUT2D eigenvalue weighted by atomic mass is 9.79. The molecule has 1 aliphatic carbocycles. The van der Waals surface area contributed by atoms with Gasteiger partial charge in [-0.2, -0.15) is 0 Å². The van der Waals surface area contributed by atoms with Crippen LogP contribution in [-0.2, 0) is 9.59 Å². The van der Waals surface area contributed by atoms with Gasteiger partial charge in [-0.3, -0.25) is 9.59 Å². The molecule has 1 saturated heterocycles. The van der Waals surface area contributed by atoms with E-state index in [4.69, 9.17) is 5.73 Å². The van der Waals surface area contributed by atoms with Crippen LogP contribution in [0.15, 0.2) is 0 Å². The zero-order chi connectivity index (χ0) is 18.1. The van der Waals surface area contributed by atoms with Gasteiger partial charge in [0.2, 0.25) is 11.8 Å². The Balaban J connectivity index is 1.82. The van der Waals surface area contributed by atoms with Gasteiger partial charge in [0.15, 0.2) is 0 Å². The first-order valence-corrected chi connectivity index (χ1v) is 10.4. The number of nitrogens with two attached hydrogens (primary N) is 1. The Hall–Kier alpha value is -1.10. The van der Waals surface area contributed by atoms with E-state index >= 15 is 0 Å². The van der Waals surface area contributed by atoms with Crippen LogP contribution in [0.4, 0.5) is 0 Å². The molecule has 2 amide bonds. The van der Waals surface area contributed by atoms with Gasteiger partial charge in [0.1, 0.15) is 0 Å². The molecule has 0 aromatic carbocycles. The zero-order valence-electron chi connectivity index (χ0n) is 16.0. The van der Waals surface area contributed by atoms with E-state index in [1.54, 1.807) is 0 Å². The van der Waals surface area contributed by atoms with Crippen molar-refractivity contribution in [3.05, 3.63) is 0 Å². The van der Waals surface area contributed by atoms with Crippen LogP contribution >= 0.6 is 0 Å². The van der Waals surface area contributed by atoms with Gasteiger partial charge in [0, 0.05) is 38.0 Å². The molecule has 0 bridgehead atoms. The number of carbonyl (C=O) groups excluding carboxylic acids is 2. The Bertz CT molecular complexity index is 419. The van der Waals surface area contributed by atoms with Crippen LogP contribution in [0.25, 0.3) is 0 Å². The normalized spacial score (nSPS) is 27.1. The summed E-state index contributed by atoms with van der Waals surface area (Å²) in [5, 5.41) is 2.96. The van der Waals surface area contributed by atoms with E-state index in [0.29, 0.717) is 25.4 Å². The summed E-state index contributed by atoms with van der Waals surface area (Å²) in [5.41, 5.74) is 5.43. The summed E-state index contributed by atoms with van der Waals surface area (Å²) in [6.07, 6.45) is 12.0. The fraction of sp³-hybridized carbons (Fsp3) is 0.900. The van der Waals surface area contributed by atoms with Gasteiger partial charge in [-0.25, -0.2) is 0 Å². The fourth-order valence-electron chi connectivity index (χ4n) is 4.38. The van der Waals surface area contributed by atoms with Gasteiger partial charge in [0.05, 0.1) is 0 Å². The predicted molar refractivity (Wildman–Crippen MR) is 101 cm³/mol. The maximum Gasteiger partial charge on any atom is 0.225 e. The van der Waals surface area contributed by atoms with E-state index in [-0.39, 0.29) is 17.9 Å². The first-order valence-electron chi connectivity index (χ1n) is 10.4. The quantitative estimate of drug-likeness (QED) is 0.706. The Morgan fingerprint density at radius 3 is 2.56 bits per heavy atom. The number of amides is 2. The number of carbonyl (C=O) groups is 2. The van der Waals surface area contributed by atoms with Gasteiger partial charge in [-0.15, -0.1) is 0 Å². The maximum atomic E-state index is 13.0. The number of likely N-dealkylation sites (tertiary alicyclic amines) is 1. The molecule has 1 heterocycles. The van der Waals surface area contributed by atoms with E-state index in [2.05, 4.69) is 17.1 Å². The standard InChI is InChI=1S/C20H37N3O2/c1-2-3-6-16-8-10-17(11-9-16)20(25)23-14-5-4-7-18(23)15-22-19(24)12-13-21/h16-18H,2-15,21H2,1H3,(H,22,24). The minimum atomic E-state index is -0.00287. The third kappa shape index (κ3) is 6.28. The molecule has 0 spiro atoms. The van der Waals surface area contributed by atoms with Crippen molar-refractivity contribution in [3.63, 3.8) is 0 Å². The third-order valence-corrected chi connectivity index (χ3v) is 5.98. The Morgan fingerprint density at radius 1 is 1.12 bits per heavy atom. The summed E-state index contributed by atoms with van der Waals surface area (Å²) < 4.78 is 0. The van der Waals surface area contributed by atoms with E-state index in [0.717, 1.165) is 44.6 Å². The molecule has 3 N–H and O–H groups in total. The van der Waals surface area contributed by atoms with Crippen LogP contribution in [0.1, 0.15) is 77.6 Å². The fourth-order valence-corrected chi connectivity index (χ4v) is 4.38. The molecule has 25 heavy (non-hydrogen) atoms. The Labute approximate surface area is 153 Å². The van der Waals surface area contributed by atoms with Crippen LogP contribution in [0.2, 0.25) is 0 Å². The van der Waals surface area contributed by atoms with Gasteiger partial charge in [0.25, 0.3) is 0 Å². The smallest absolute Gasteiger partial charge is 0.225 e. The topological polar surface area (TPSA) is 75.4 Å². The average Bonchev–Trinajstić information content (AvgIpc) is 2.65. The molecule has 1 atom stereocenters. The number of rotatable bonds is 8. The lowest BCUT2D eigenvalue weighted by molar-refractivity contribution is -0.141. The molecule has 1 aliphatic heterocycles.